The summed E-state index contributed by atoms with van der Waals surface area (Å²) in [5.41, 5.74) is 5.20. The van der Waals surface area contributed by atoms with Gasteiger partial charge in [-0.1, -0.05) is 0 Å². The van der Waals surface area contributed by atoms with E-state index in [1.807, 2.05) is 0 Å². The maximum absolute atomic E-state index is 13.0. The van der Waals surface area contributed by atoms with Crippen molar-refractivity contribution >= 4 is 17.6 Å². The Morgan fingerprint density at radius 2 is 2.06 bits per heavy atom. The van der Waals surface area contributed by atoms with Crippen molar-refractivity contribution in [2.75, 3.05) is 12.3 Å². The van der Waals surface area contributed by atoms with Gasteiger partial charge >= 0.3 is 11.9 Å². The number of nitrogen functional groups attached to an aromatic ring is 1. The van der Waals surface area contributed by atoms with Crippen molar-refractivity contribution in [2.24, 2.45) is 0 Å². The summed E-state index contributed by atoms with van der Waals surface area (Å²) in [6, 6.07) is 3.57. The Balaban J connectivity index is 2.56. The van der Waals surface area contributed by atoms with Gasteiger partial charge in [-0.2, -0.15) is 0 Å². The summed E-state index contributed by atoms with van der Waals surface area (Å²) in [7, 11) is 0. The molecule has 0 fully saturated rings. The average Bonchev–Trinajstić information content (AvgIpc) is 2.23. The van der Waals surface area contributed by atoms with Crippen LogP contribution in [0.1, 0.15) is 13.3 Å². The fourth-order valence-electron chi connectivity index (χ4n) is 1.07. The van der Waals surface area contributed by atoms with Gasteiger partial charge < -0.3 is 15.2 Å². The molecule has 0 amide bonds. The monoisotopic (exact) mass is 241 g/mol. The minimum absolute atomic E-state index is 0.00833. The summed E-state index contributed by atoms with van der Waals surface area (Å²) in [5, 5.41) is 0. The Morgan fingerprint density at radius 1 is 1.35 bits per heavy atom. The number of anilines is 1. The highest BCUT2D eigenvalue weighted by Crippen LogP contribution is 2.18. The van der Waals surface area contributed by atoms with Gasteiger partial charge in [0.15, 0.2) is 0 Å². The number of ether oxygens (including phenoxy) is 2. The van der Waals surface area contributed by atoms with Crippen molar-refractivity contribution in [1.82, 2.24) is 0 Å². The fourth-order valence-corrected chi connectivity index (χ4v) is 1.07. The third kappa shape index (κ3) is 4.10. The molecule has 1 rings (SSSR count). The highest BCUT2D eigenvalue weighted by Gasteiger charge is 2.13. The smallest absolute Gasteiger partial charge is 0.322 e. The topological polar surface area (TPSA) is 78.6 Å². The van der Waals surface area contributed by atoms with Crippen LogP contribution in [-0.4, -0.2) is 18.5 Å². The molecule has 0 aliphatic heterocycles. The number of nitrogens with two attached hydrogens (primary N) is 1. The Kier molecular flexibility index (Phi) is 4.45. The van der Waals surface area contributed by atoms with E-state index < -0.39 is 24.2 Å². The molecular formula is C11H12FNO4. The second-order valence-electron chi connectivity index (χ2n) is 3.14. The molecule has 0 saturated carbocycles. The lowest BCUT2D eigenvalue weighted by molar-refractivity contribution is -0.149. The molecule has 0 unspecified atom stereocenters. The number of hydrogen-bond acceptors (Lipinski definition) is 5. The molecule has 0 aliphatic rings. The van der Waals surface area contributed by atoms with Gasteiger partial charge in [-0.25, -0.2) is 4.39 Å². The van der Waals surface area contributed by atoms with Crippen molar-refractivity contribution in [2.45, 2.75) is 13.3 Å². The predicted octanol–water partition coefficient (Wildman–Crippen LogP) is 1.27. The first-order chi connectivity index (χ1) is 8.02. The zero-order chi connectivity index (χ0) is 12.8. The molecule has 0 aliphatic carbocycles. The average molecular weight is 241 g/mol. The van der Waals surface area contributed by atoms with Crippen LogP contribution in [0.5, 0.6) is 5.75 Å². The number of esters is 2. The van der Waals surface area contributed by atoms with E-state index in [9.17, 15) is 14.0 Å². The second kappa shape index (κ2) is 5.83. The standard InChI is InChI=1S/C11H12FNO4/c1-2-16-10(14)6-11(15)17-7-3-4-9(13)8(12)5-7/h3-5H,2,6,13H2,1H3. The van der Waals surface area contributed by atoms with E-state index in [1.165, 1.54) is 12.1 Å². The van der Waals surface area contributed by atoms with Crippen LogP contribution in [0, 0.1) is 5.82 Å². The molecule has 6 heteroatoms. The summed E-state index contributed by atoms with van der Waals surface area (Å²) < 4.78 is 22.3. The quantitative estimate of drug-likeness (QED) is 0.371. The second-order valence-corrected chi connectivity index (χ2v) is 3.14. The van der Waals surface area contributed by atoms with Gasteiger partial charge in [0.2, 0.25) is 0 Å². The van der Waals surface area contributed by atoms with Gasteiger partial charge in [-0.3, -0.25) is 9.59 Å². The molecule has 0 radical (unpaired) electrons. The summed E-state index contributed by atoms with van der Waals surface area (Å²) in [4.78, 5) is 22.2. The van der Waals surface area contributed by atoms with Crippen LogP contribution in [0.2, 0.25) is 0 Å². The van der Waals surface area contributed by atoms with E-state index in [0.29, 0.717) is 0 Å². The number of benzene rings is 1. The van der Waals surface area contributed by atoms with Crippen LogP contribution in [-0.2, 0) is 14.3 Å². The SMILES string of the molecule is CCOC(=O)CC(=O)Oc1ccc(N)c(F)c1. The lowest BCUT2D eigenvalue weighted by Crippen LogP contribution is -2.16. The van der Waals surface area contributed by atoms with Crippen LogP contribution in [0.25, 0.3) is 0 Å². The van der Waals surface area contributed by atoms with E-state index >= 15 is 0 Å². The first-order valence-electron chi connectivity index (χ1n) is 4.94. The van der Waals surface area contributed by atoms with Gasteiger partial charge in [-0.05, 0) is 19.1 Å². The van der Waals surface area contributed by atoms with E-state index in [-0.39, 0.29) is 18.0 Å². The number of halogens is 1. The minimum atomic E-state index is -0.812. The summed E-state index contributed by atoms with van der Waals surface area (Å²) in [6.45, 7) is 1.81. The molecule has 0 spiro atoms. The minimum Gasteiger partial charge on any atom is -0.466 e. The Labute approximate surface area is 97.3 Å². The zero-order valence-electron chi connectivity index (χ0n) is 9.23. The highest BCUT2D eigenvalue weighted by atomic mass is 19.1. The lowest BCUT2D eigenvalue weighted by Gasteiger charge is -2.05. The lowest BCUT2D eigenvalue weighted by atomic mass is 10.3. The van der Waals surface area contributed by atoms with Crippen molar-refractivity contribution in [1.29, 1.82) is 0 Å². The normalized spacial score (nSPS) is 9.76. The molecule has 0 bridgehead atoms. The Bertz CT molecular complexity index is 433. The van der Waals surface area contributed by atoms with E-state index in [4.69, 9.17) is 10.5 Å². The van der Waals surface area contributed by atoms with Gasteiger partial charge in [0.1, 0.15) is 18.0 Å². The van der Waals surface area contributed by atoms with Crippen LogP contribution < -0.4 is 10.5 Å². The van der Waals surface area contributed by atoms with Crippen LogP contribution in [0.3, 0.4) is 0 Å². The molecule has 1 aromatic rings. The molecule has 0 saturated heterocycles. The number of carbonyl (C=O) groups excluding carboxylic acids is 2. The molecule has 17 heavy (non-hydrogen) atoms. The van der Waals surface area contributed by atoms with Crippen LogP contribution in [0.4, 0.5) is 10.1 Å². The molecule has 2 N–H and O–H groups in total. The van der Waals surface area contributed by atoms with Crippen molar-refractivity contribution in [3.8, 4) is 5.75 Å². The van der Waals surface area contributed by atoms with E-state index in [1.54, 1.807) is 6.92 Å². The molecule has 0 heterocycles. The number of rotatable bonds is 4. The fraction of sp³-hybridized carbons (Fsp3) is 0.273. The zero-order valence-corrected chi connectivity index (χ0v) is 9.23. The Hall–Kier alpha value is -2.11. The van der Waals surface area contributed by atoms with Gasteiger partial charge in [0.25, 0.3) is 0 Å². The maximum atomic E-state index is 13.0. The highest BCUT2D eigenvalue weighted by molar-refractivity contribution is 5.92. The van der Waals surface area contributed by atoms with Gasteiger partial charge in [0.05, 0.1) is 12.3 Å². The van der Waals surface area contributed by atoms with E-state index in [2.05, 4.69) is 4.74 Å². The summed E-state index contributed by atoms with van der Waals surface area (Å²) in [5.74, 6) is -2.20. The van der Waals surface area contributed by atoms with Crippen molar-refractivity contribution < 1.29 is 23.5 Å². The largest absolute Gasteiger partial charge is 0.466 e. The van der Waals surface area contributed by atoms with Crippen molar-refractivity contribution in [3.63, 3.8) is 0 Å². The number of carbonyl (C=O) groups is 2. The molecule has 5 nitrogen and oxygen atoms in total. The molecule has 0 atom stereocenters. The molecule has 92 valence electrons. The molecular weight excluding hydrogens is 229 g/mol. The van der Waals surface area contributed by atoms with Gasteiger partial charge in [-0.15, -0.1) is 0 Å². The number of hydrogen-bond donors (Lipinski definition) is 1. The third-order valence-corrected chi connectivity index (χ3v) is 1.80. The predicted molar refractivity (Wildman–Crippen MR) is 57.7 cm³/mol. The van der Waals surface area contributed by atoms with E-state index in [0.717, 1.165) is 6.07 Å². The Morgan fingerprint density at radius 3 is 2.65 bits per heavy atom. The van der Waals surface area contributed by atoms with Crippen molar-refractivity contribution in [3.05, 3.63) is 24.0 Å². The van der Waals surface area contributed by atoms with Crippen LogP contribution in [0.15, 0.2) is 18.2 Å². The van der Waals surface area contributed by atoms with Gasteiger partial charge in [0, 0.05) is 6.07 Å². The van der Waals surface area contributed by atoms with Crippen LogP contribution >= 0.6 is 0 Å². The third-order valence-electron chi connectivity index (χ3n) is 1.80. The first kappa shape index (κ1) is 13.0. The molecule has 0 aromatic heterocycles. The first-order valence-corrected chi connectivity index (χ1v) is 4.94. The maximum Gasteiger partial charge on any atom is 0.322 e. The summed E-state index contributed by atoms with van der Waals surface area (Å²) in [6.07, 6.45) is -0.514. The molecule has 1 aromatic carbocycles. The summed E-state index contributed by atoms with van der Waals surface area (Å²) >= 11 is 0.